The molecule has 1 aliphatic rings. The summed E-state index contributed by atoms with van der Waals surface area (Å²) in [6.45, 7) is 0. The van der Waals surface area contributed by atoms with Crippen molar-refractivity contribution in [1.29, 1.82) is 0 Å². The third kappa shape index (κ3) is 1.88. The first-order chi connectivity index (χ1) is 6.75. The number of rotatable bonds is 1. The van der Waals surface area contributed by atoms with Gasteiger partial charge in [0, 0.05) is 18.0 Å². The molecule has 6 N–H and O–H groups in total. The van der Waals surface area contributed by atoms with Crippen LogP contribution in [0.25, 0.3) is 5.70 Å². The lowest BCUT2D eigenvalue weighted by Gasteiger charge is -2.29. The summed E-state index contributed by atoms with van der Waals surface area (Å²) in [5.41, 5.74) is 13.2. The quantitative estimate of drug-likeness (QED) is 0.422. The fourth-order valence-electron chi connectivity index (χ4n) is 1.27. The first-order valence-electron chi connectivity index (χ1n) is 4.21. The van der Waals surface area contributed by atoms with E-state index < -0.39 is 0 Å². The van der Waals surface area contributed by atoms with Crippen molar-refractivity contribution in [3.63, 3.8) is 0 Å². The van der Waals surface area contributed by atoms with Gasteiger partial charge in [-0.15, -0.1) is 0 Å². The Morgan fingerprint density at radius 2 is 2.07 bits per heavy atom. The second-order valence-electron chi connectivity index (χ2n) is 2.95. The molecule has 1 aromatic rings. The maximum Gasteiger partial charge on any atom is 0.0925 e. The van der Waals surface area contributed by atoms with E-state index >= 15 is 0 Å². The Morgan fingerprint density at radius 3 is 2.71 bits per heavy atom. The van der Waals surface area contributed by atoms with Crippen LogP contribution in [0.5, 0.6) is 0 Å². The average molecular weight is 192 g/mol. The van der Waals surface area contributed by atoms with Crippen molar-refractivity contribution in [1.82, 2.24) is 21.1 Å². The number of hydrazine groups is 3. The van der Waals surface area contributed by atoms with Gasteiger partial charge in [-0.1, -0.05) is 5.23 Å². The van der Waals surface area contributed by atoms with E-state index in [0.717, 1.165) is 11.3 Å². The van der Waals surface area contributed by atoms with Gasteiger partial charge in [-0.2, -0.15) is 0 Å². The van der Waals surface area contributed by atoms with Crippen LogP contribution < -0.4 is 22.4 Å². The molecule has 0 spiro atoms. The molecule has 14 heavy (non-hydrogen) atoms. The van der Waals surface area contributed by atoms with E-state index in [9.17, 15) is 0 Å². The zero-order valence-electron chi connectivity index (χ0n) is 7.51. The van der Waals surface area contributed by atoms with Crippen LogP contribution in [0, 0.1) is 0 Å². The van der Waals surface area contributed by atoms with Crippen LogP contribution in [0.15, 0.2) is 30.6 Å². The number of pyridine rings is 1. The molecule has 0 fully saturated rings. The highest BCUT2D eigenvalue weighted by Gasteiger charge is 2.13. The van der Waals surface area contributed by atoms with Crippen LogP contribution in [0.4, 0.5) is 0 Å². The van der Waals surface area contributed by atoms with Crippen molar-refractivity contribution in [3.05, 3.63) is 36.2 Å². The molecule has 1 aliphatic heterocycles. The minimum Gasteiger partial charge on any atom is -0.311 e. The Morgan fingerprint density at radius 1 is 1.36 bits per heavy atom. The number of nitrogens with two attached hydrogens (primary N) is 2. The fourth-order valence-corrected chi connectivity index (χ4v) is 1.27. The number of nitrogens with zero attached hydrogens (tertiary/aromatic N) is 2. The van der Waals surface area contributed by atoms with Gasteiger partial charge in [0.1, 0.15) is 0 Å². The SMILES string of the molecule is NC1C=C(c2ccncc2)NN(N)N1. The predicted molar refractivity (Wildman–Crippen MR) is 52.5 cm³/mol. The summed E-state index contributed by atoms with van der Waals surface area (Å²) in [6.07, 6.45) is 4.99. The first-order valence-corrected chi connectivity index (χ1v) is 4.21. The lowest BCUT2D eigenvalue weighted by molar-refractivity contribution is 0.123. The van der Waals surface area contributed by atoms with Gasteiger partial charge in [0.2, 0.25) is 0 Å². The summed E-state index contributed by atoms with van der Waals surface area (Å²) >= 11 is 0. The second-order valence-corrected chi connectivity index (χ2v) is 2.95. The highest BCUT2D eigenvalue weighted by molar-refractivity contribution is 5.63. The third-order valence-electron chi connectivity index (χ3n) is 1.87. The van der Waals surface area contributed by atoms with E-state index in [0.29, 0.717) is 0 Å². The van der Waals surface area contributed by atoms with Crippen molar-refractivity contribution in [3.8, 4) is 0 Å². The molecule has 6 heteroatoms. The van der Waals surface area contributed by atoms with Gasteiger partial charge in [0.05, 0.1) is 11.9 Å². The third-order valence-corrected chi connectivity index (χ3v) is 1.87. The monoisotopic (exact) mass is 192 g/mol. The summed E-state index contributed by atoms with van der Waals surface area (Å²) in [5.74, 6) is 5.53. The van der Waals surface area contributed by atoms with Crippen LogP contribution in [0.1, 0.15) is 5.56 Å². The summed E-state index contributed by atoms with van der Waals surface area (Å²) in [7, 11) is 0. The zero-order valence-corrected chi connectivity index (χ0v) is 7.51. The number of aromatic nitrogens is 1. The summed E-state index contributed by atoms with van der Waals surface area (Å²) in [4.78, 5) is 3.93. The van der Waals surface area contributed by atoms with Gasteiger partial charge < -0.3 is 5.73 Å². The summed E-state index contributed by atoms with van der Waals surface area (Å²) in [5, 5.41) is 1.24. The Kier molecular flexibility index (Phi) is 2.42. The highest BCUT2D eigenvalue weighted by atomic mass is 15.9. The molecular weight excluding hydrogens is 180 g/mol. The molecule has 0 aliphatic carbocycles. The van der Waals surface area contributed by atoms with Gasteiger partial charge in [0.15, 0.2) is 0 Å². The standard InChI is InChI=1S/C8H12N6/c9-8-5-7(12-14(10)13-8)6-1-3-11-4-2-6/h1-5,8,12-13H,9-10H2. The minimum absolute atomic E-state index is 0.288. The van der Waals surface area contributed by atoms with E-state index in [4.69, 9.17) is 11.6 Å². The van der Waals surface area contributed by atoms with E-state index in [1.54, 1.807) is 12.4 Å². The molecule has 74 valence electrons. The number of hydrogen-bond donors (Lipinski definition) is 4. The lowest BCUT2D eigenvalue weighted by Crippen LogP contribution is -2.60. The maximum atomic E-state index is 5.69. The molecule has 0 aromatic carbocycles. The van der Waals surface area contributed by atoms with E-state index in [-0.39, 0.29) is 6.17 Å². The van der Waals surface area contributed by atoms with Crippen LogP contribution in [0.3, 0.4) is 0 Å². The largest absolute Gasteiger partial charge is 0.311 e. The molecule has 6 nitrogen and oxygen atoms in total. The lowest BCUT2D eigenvalue weighted by atomic mass is 10.2. The number of nitrogens with one attached hydrogen (secondary N) is 2. The minimum atomic E-state index is -0.288. The molecule has 2 heterocycles. The average Bonchev–Trinajstić information content (AvgIpc) is 2.18. The fraction of sp³-hybridized carbons (Fsp3) is 0.125. The van der Waals surface area contributed by atoms with Crippen molar-refractivity contribution in [2.75, 3.05) is 0 Å². The van der Waals surface area contributed by atoms with E-state index in [1.165, 1.54) is 5.23 Å². The molecular formula is C8H12N6. The van der Waals surface area contributed by atoms with Crippen LogP contribution in [0.2, 0.25) is 0 Å². The van der Waals surface area contributed by atoms with Gasteiger partial charge in [-0.05, 0) is 18.2 Å². The Hall–Kier alpha value is -1.47. The molecule has 1 atom stereocenters. The van der Waals surface area contributed by atoms with Gasteiger partial charge in [-0.3, -0.25) is 10.4 Å². The molecule has 0 saturated carbocycles. The normalized spacial score (nSPS) is 22.7. The highest BCUT2D eigenvalue weighted by Crippen LogP contribution is 2.11. The van der Waals surface area contributed by atoms with Crippen molar-refractivity contribution >= 4 is 5.70 Å². The van der Waals surface area contributed by atoms with Crippen molar-refractivity contribution < 1.29 is 0 Å². The van der Waals surface area contributed by atoms with Crippen LogP contribution in [-0.4, -0.2) is 16.4 Å². The van der Waals surface area contributed by atoms with E-state index in [1.807, 2.05) is 18.2 Å². The summed E-state index contributed by atoms with van der Waals surface area (Å²) < 4.78 is 0. The predicted octanol–water partition coefficient (Wildman–Crippen LogP) is -1.09. The zero-order chi connectivity index (χ0) is 9.97. The Balaban J connectivity index is 2.26. The van der Waals surface area contributed by atoms with Crippen LogP contribution >= 0.6 is 0 Å². The van der Waals surface area contributed by atoms with Gasteiger partial charge >= 0.3 is 0 Å². The molecule has 0 radical (unpaired) electrons. The molecule has 2 rings (SSSR count). The van der Waals surface area contributed by atoms with Gasteiger partial charge in [-0.25, -0.2) is 11.3 Å². The van der Waals surface area contributed by atoms with Gasteiger partial charge in [0.25, 0.3) is 0 Å². The van der Waals surface area contributed by atoms with Crippen molar-refractivity contribution in [2.24, 2.45) is 11.6 Å². The second kappa shape index (κ2) is 3.72. The van der Waals surface area contributed by atoms with Crippen molar-refractivity contribution in [2.45, 2.75) is 6.17 Å². The Bertz CT molecular complexity index is 335. The molecule has 1 unspecified atom stereocenters. The molecule has 0 saturated heterocycles. The smallest absolute Gasteiger partial charge is 0.0925 e. The molecule has 1 aromatic heterocycles. The first kappa shape index (κ1) is 9.10. The number of hydrogen-bond acceptors (Lipinski definition) is 6. The molecule has 0 amide bonds. The van der Waals surface area contributed by atoms with E-state index in [2.05, 4.69) is 15.8 Å². The Labute approximate surface area is 81.5 Å². The summed E-state index contributed by atoms with van der Waals surface area (Å²) in [6, 6.07) is 3.76. The van der Waals surface area contributed by atoms with Crippen LogP contribution in [-0.2, 0) is 0 Å². The molecule has 0 bridgehead atoms. The maximum absolute atomic E-state index is 5.69. The topological polar surface area (TPSA) is 92.2 Å².